The number of aryl methyl sites for hydroxylation is 2. The first-order chi connectivity index (χ1) is 11.3. The summed E-state index contributed by atoms with van der Waals surface area (Å²) in [5.74, 6) is 1.67. The molecule has 0 saturated heterocycles. The van der Waals surface area contributed by atoms with Gasteiger partial charge in [0.1, 0.15) is 5.75 Å². The van der Waals surface area contributed by atoms with Crippen LogP contribution in [0.5, 0.6) is 5.75 Å². The maximum Gasteiger partial charge on any atom is 0.254 e. The summed E-state index contributed by atoms with van der Waals surface area (Å²) < 4.78 is 11.4. The molecule has 0 saturated carbocycles. The quantitative estimate of drug-likeness (QED) is 0.710. The predicted molar refractivity (Wildman–Crippen MR) is 87.5 cm³/mol. The lowest BCUT2D eigenvalue weighted by Crippen LogP contribution is -1.96. The Hall–Kier alpha value is -2.33. The van der Waals surface area contributed by atoms with E-state index >= 15 is 0 Å². The van der Waals surface area contributed by atoms with Crippen LogP contribution in [-0.2, 0) is 19.4 Å². The molecule has 1 aromatic heterocycles. The summed E-state index contributed by atoms with van der Waals surface area (Å²) in [6.07, 6.45) is 3.52. The third-order valence-electron chi connectivity index (χ3n) is 4.00. The Morgan fingerprint density at radius 1 is 1.04 bits per heavy atom. The van der Waals surface area contributed by atoms with Crippen LogP contribution in [0.15, 0.2) is 46.9 Å². The molecule has 0 N–H and O–H groups in total. The van der Waals surface area contributed by atoms with Crippen LogP contribution >= 0.6 is 11.6 Å². The first kappa shape index (κ1) is 14.3. The molecule has 0 amide bonds. The zero-order valence-corrected chi connectivity index (χ0v) is 13.2. The normalized spacial score (nSPS) is 13.1. The average Bonchev–Trinajstić information content (AvgIpc) is 3.22. The van der Waals surface area contributed by atoms with Crippen molar-refractivity contribution in [2.24, 2.45) is 0 Å². The Labute approximate surface area is 139 Å². The van der Waals surface area contributed by atoms with Crippen molar-refractivity contribution >= 4 is 11.6 Å². The zero-order valence-electron chi connectivity index (χ0n) is 12.5. The average molecular weight is 327 g/mol. The molecule has 1 aliphatic rings. The predicted octanol–water partition coefficient (Wildman–Crippen LogP) is 4.46. The Balaban J connectivity index is 1.47. The van der Waals surface area contributed by atoms with Gasteiger partial charge in [-0.3, -0.25) is 0 Å². The van der Waals surface area contributed by atoms with E-state index in [4.69, 9.17) is 20.8 Å². The van der Waals surface area contributed by atoms with Crippen molar-refractivity contribution in [1.82, 2.24) is 10.2 Å². The van der Waals surface area contributed by atoms with Crippen molar-refractivity contribution in [2.45, 2.75) is 25.9 Å². The minimum absolute atomic E-state index is 0.246. The molecule has 0 unspecified atom stereocenters. The van der Waals surface area contributed by atoms with Crippen molar-refractivity contribution in [2.75, 3.05) is 0 Å². The molecule has 23 heavy (non-hydrogen) atoms. The summed E-state index contributed by atoms with van der Waals surface area (Å²) in [6, 6.07) is 13.6. The number of hydrogen-bond acceptors (Lipinski definition) is 4. The molecular formula is C18H15ClN2O2. The highest BCUT2D eigenvalue weighted by Gasteiger charge is 2.13. The molecule has 4 rings (SSSR count). The maximum atomic E-state index is 6.14. The number of halogens is 1. The van der Waals surface area contributed by atoms with Gasteiger partial charge in [0, 0.05) is 0 Å². The van der Waals surface area contributed by atoms with E-state index in [1.54, 1.807) is 6.07 Å². The van der Waals surface area contributed by atoms with Gasteiger partial charge in [0.05, 0.1) is 10.6 Å². The van der Waals surface area contributed by atoms with E-state index in [9.17, 15) is 0 Å². The van der Waals surface area contributed by atoms with E-state index in [-0.39, 0.29) is 6.61 Å². The molecule has 2 aromatic carbocycles. The summed E-state index contributed by atoms with van der Waals surface area (Å²) in [6.45, 7) is 0.246. The Morgan fingerprint density at radius 2 is 1.91 bits per heavy atom. The number of ether oxygens (including phenoxy) is 1. The van der Waals surface area contributed by atoms with Crippen molar-refractivity contribution in [1.29, 1.82) is 0 Å². The van der Waals surface area contributed by atoms with Crippen molar-refractivity contribution in [3.63, 3.8) is 0 Å². The van der Waals surface area contributed by atoms with Crippen LogP contribution in [0, 0.1) is 0 Å². The summed E-state index contributed by atoms with van der Waals surface area (Å²) in [5, 5.41) is 8.64. The standard InChI is InChI=1S/C18H15ClN2O2/c19-16-7-2-1-6-15(16)18-21-20-17(23-18)11-22-14-9-8-12-4-3-5-13(12)10-14/h1-2,6-10H,3-5,11H2. The first-order valence-electron chi connectivity index (χ1n) is 7.61. The van der Waals surface area contributed by atoms with Crippen LogP contribution in [0.2, 0.25) is 5.02 Å². The molecule has 4 nitrogen and oxygen atoms in total. The molecule has 3 aromatic rings. The zero-order chi connectivity index (χ0) is 15.6. The van der Waals surface area contributed by atoms with E-state index < -0.39 is 0 Å². The first-order valence-corrected chi connectivity index (χ1v) is 7.99. The lowest BCUT2D eigenvalue weighted by Gasteiger charge is -2.05. The van der Waals surface area contributed by atoms with Crippen LogP contribution in [0.3, 0.4) is 0 Å². The highest BCUT2D eigenvalue weighted by molar-refractivity contribution is 6.33. The van der Waals surface area contributed by atoms with Gasteiger partial charge in [0.2, 0.25) is 5.89 Å². The molecule has 5 heteroatoms. The SMILES string of the molecule is Clc1ccccc1-c1nnc(COc2ccc3c(c2)CCC3)o1. The maximum absolute atomic E-state index is 6.14. The van der Waals surface area contributed by atoms with Gasteiger partial charge in [-0.05, 0) is 54.7 Å². The summed E-state index contributed by atoms with van der Waals surface area (Å²) in [7, 11) is 0. The van der Waals surface area contributed by atoms with Gasteiger partial charge in [-0.15, -0.1) is 10.2 Å². The highest BCUT2D eigenvalue weighted by Crippen LogP contribution is 2.28. The molecule has 0 atom stereocenters. The van der Waals surface area contributed by atoms with Crippen LogP contribution in [0.1, 0.15) is 23.4 Å². The fraction of sp³-hybridized carbons (Fsp3) is 0.222. The topological polar surface area (TPSA) is 48.2 Å². The summed E-state index contributed by atoms with van der Waals surface area (Å²) in [4.78, 5) is 0. The van der Waals surface area contributed by atoms with Gasteiger partial charge in [-0.25, -0.2) is 0 Å². The summed E-state index contributed by atoms with van der Waals surface area (Å²) >= 11 is 6.14. The second-order valence-corrected chi connectivity index (χ2v) is 5.96. The minimum atomic E-state index is 0.246. The molecule has 0 aliphatic heterocycles. The van der Waals surface area contributed by atoms with Crippen molar-refractivity contribution < 1.29 is 9.15 Å². The fourth-order valence-corrected chi connectivity index (χ4v) is 3.06. The fourth-order valence-electron chi connectivity index (χ4n) is 2.84. The number of fused-ring (bicyclic) bond motifs is 1. The molecular weight excluding hydrogens is 312 g/mol. The molecule has 1 heterocycles. The third kappa shape index (κ3) is 2.94. The molecule has 0 radical (unpaired) electrons. The second kappa shape index (κ2) is 6.05. The Bertz CT molecular complexity index is 845. The van der Waals surface area contributed by atoms with Crippen molar-refractivity contribution in [3.05, 3.63) is 64.5 Å². The lowest BCUT2D eigenvalue weighted by atomic mass is 10.1. The minimum Gasteiger partial charge on any atom is -0.484 e. The number of nitrogens with zero attached hydrogens (tertiary/aromatic N) is 2. The van der Waals surface area contributed by atoms with Gasteiger partial charge in [0.25, 0.3) is 5.89 Å². The second-order valence-electron chi connectivity index (χ2n) is 5.55. The number of aromatic nitrogens is 2. The molecule has 1 aliphatic carbocycles. The largest absolute Gasteiger partial charge is 0.484 e. The van der Waals surface area contributed by atoms with Crippen LogP contribution in [0.4, 0.5) is 0 Å². The Kier molecular flexibility index (Phi) is 3.75. The van der Waals surface area contributed by atoms with Crippen LogP contribution in [0.25, 0.3) is 11.5 Å². The highest BCUT2D eigenvalue weighted by atomic mass is 35.5. The molecule has 0 bridgehead atoms. The number of hydrogen-bond donors (Lipinski definition) is 0. The van der Waals surface area contributed by atoms with Gasteiger partial charge >= 0.3 is 0 Å². The lowest BCUT2D eigenvalue weighted by molar-refractivity contribution is 0.264. The van der Waals surface area contributed by atoms with Gasteiger partial charge in [-0.2, -0.15) is 0 Å². The smallest absolute Gasteiger partial charge is 0.254 e. The Morgan fingerprint density at radius 3 is 2.83 bits per heavy atom. The van der Waals surface area contributed by atoms with Crippen molar-refractivity contribution in [3.8, 4) is 17.2 Å². The van der Waals surface area contributed by atoms with E-state index in [2.05, 4.69) is 22.3 Å². The van der Waals surface area contributed by atoms with E-state index in [0.29, 0.717) is 16.8 Å². The molecule has 0 fully saturated rings. The molecule has 116 valence electrons. The van der Waals surface area contributed by atoms with Gasteiger partial charge in [-0.1, -0.05) is 29.8 Å². The van der Waals surface area contributed by atoms with Gasteiger partial charge < -0.3 is 9.15 Å². The van der Waals surface area contributed by atoms with Crippen LogP contribution < -0.4 is 4.74 Å². The van der Waals surface area contributed by atoms with Crippen LogP contribution in [-0.4, -0.2) is 10.2 Å². The monoisotopic (exact) mass is 326 g/mol. The third-order valence-corrected chi connectivity index (χ3v) is 4.33. The number of benzene rings is 2. The number of rotatable bonds is 4. The van der Waals surface area contributed by atoms with E-state index in [0.717, 1.165) is 17.7 Å². The summed E-state index contributed by atoms with van der Waals surface area (Å²) in [5.41, 5.74) is 3.53. The van der Waals surface area contributed by atoms with E-state index in [1.165, 1.54) is 24.0 Å². The molecule has 0 spiro atoms. The van der Waals surface area contributed by atoms with E-state index in [1.807, 2.05) is 24.3 Å². The van der Waals surface area contributed by atoms with Gasteiger partial charge in [0.15, 0.2) is 6.61 Å².